The van der Waals surface area contributed by atoms with Gasteiger partial charge in [0.05, 0.1) is 4.90 Å². The van der Waals surface area contributed by atoms with Crippen molar-refractivity contribution in [2.24, 2.45) is 0 Å². The number of aryl methyl sites for hydroxylation is 2. The second-order valence-corrected chi connectivity index (χ2v) is 9.32. The summed E-state index contributed by atoms with van der Waals surface area (Å²) < 4.78 is 28.7. The minimum atomic E-state index is -3.66. The molecule has 6 heteroatoms. The molecule has 2 aromatic rings. The molecule has 0 spiro atoms. The standard InChI is InChI=1S/C22H28N2O3S/c1-15-12-16(2)18(4)21(17(15)3)28(26,27)23-14-19-8-7-9-20(13-19)22(25)24-10-5-6-11-24/h7-9,12-13,23H,5-6,10-11,14H2,1-4H3. The molecule has 0 atom stereocenters. The maximum atomic E-state index is 13.0. The molecular weight excluding hydrogens is 372 g/mol. The maximum Gasteiger partial charge on any atom is 0.253 e. The van der Waals surface area contributed by atoms with Crippen LogP contribution in [0.25, 0.3) is 0 Å². The zero-order valence-corrected chi connectivity index (χ0v) is 17.8. The average Bonchev–Trinajstić information content (AvgIpc) is 3.19. The van der Waals surface area contributed by atoms with Crippen LogP contribution in [0.1, 0.15) is 51.0 Å². The lowest BCUT2D eigenvalue weighted by molar-refractivity contribution is 0.0792. The van der Waals surface area contributed by atoms with E-state index in [0.29, 0.717) is 10.5 Å². The first-order valence-corrected chi connectivity index (χ1v) is 11.1. The van der Waals surface area contributed by atoms with Crippen molar-refractivity contribution >= 4 is 15.9 Å². The number of carbonyl (C=O) groups is 1. The molecule has 1 aliphatic heterocycles. The molecule has 5 nitrogen and oxygen atoms in total. The van der Waals surface area contributed by atoms with Crippen LogP contribution < -0.4 is 4.72 Å². The summed E-state index contributed by atoms with van der Waals surface area (Å²) in [6.07, 6.45) is 2.08. The minimum absolute atomic E-state index is 0.0169. The van der Waals surface area contributed by atoms with E-state index in [1.807, 2.05) is 44.7 Å². The lowest BCUT2D eigenvalue weighted by Gasteiger charge is -2.17. The molecule has 1 aliphatic rings. The second kappa shape index (κ2) is 8.05. The highest BCUT2D eigenvalue weighted by Gasteiger charge is 2.23. The van der Waals surface area contributed by atoms with Crippen LogP contribution in [-0.2, 0) is 16.6 Å². The van der Waals surface area contributed by atoms with Crippen LogP contribution in [0.5, 0.6) is 0 Å². The third-order valence-electron chi connectivity index (χ3n) is 5.60. The number of hydrogen-bond donors (Lipinski definition) is 1. The molecule has 0 saturated carbocycles. The number of amides is 1. The largest absolute Gasteiger partial charge is 0.339 e. The smallest absolute Gasteiger partial charge is 0.253 e. The Bertz CT molecular complexity index is 980. The van der Waals surface area contributed by atoms with Crippen molar-refractivity contribution in [1.29, 1.82) is 0 Å². The zero-order valence-electron chi connectivity index (χ0n) is 17.0. The third kappa shape index (κ3) is 4.13. The molecule has 28 heavy (non-hydrogen) atoms. The van der Waals surface area contributed by atoms with Gasteiger partial charge >= 0.3 is 0 Å². The first-order chi connectivity index (χ1) is 13.2. The third-order valence-corrected chi connectivity index (χ3v) is 7.27. The Morgan fingerprint density at radius 1 is 1.00 bits per heavy atom. The van der Waals surface area contributed by atoms with Gasteiger partial charge in [0.15, 0.2) is 0 Å². The van der Waals surface area contributed by atoms with Crippen LogP contribution >= 0.6 is 0 Å². The molecule has 1 amide bonds. The number of likely N-dealkylation sites (tertiary alicyclic amines) is 1. The molecule has 3 rings (SSSR count). The quantitative estimate of drug-likeness (QED) is 0.833. The van der Waals surface area contributed by atoms with Crippen molar-refractivity contribution in [2.75, 3.05) is 13.1 Å². The fourth-order valence-corrected chi connectivity index (χ4v) is 5.38. The van der Waals surface area contributed by atoms with E-state index in [-0.39, 0.29) is 12.5 Å². The number of sulfonamides is 1. The van der Waals surface area contributed by atoms with E-state index < -0.39 is 10.0 Å². The molecule has 0 aromatic heterocycles. The van der Waals surface area contributed by atoms with Gasteiger partial charge < -0.3 is 4.90 Å². The van der Waals surface area contributed by atoms with Crippen LogP contribution in [0.4, 0.5) is 0 Å². The van der Waals surface area contributed by atoms with Crippen LogP contribution in [0.15, 0.2) is 35.2 Å². The predicted molar refractivity (Wildman–Crippen MR) is 111 cm³/mol. The van der Waals surface area contributed by atoms with Crippen LogP contribution in [0.2, 0.25) is 0 Å². The Kier molecular flexibility index (Phi) is 5.91. The molecule has 1 fully saturated rings. The van der Waals surface area contributed by atoms with Crippen molar-refractivity contribution in [3.05, 3.63) is 63.7 Å². The molecule has 1 saturated heterocycles. The van der Waals surface area contributed by atoms with Gasteiger partial charge in [0, 0.05) is 25.2 Å². The summed E-state index contributed by atoms with van der Waals surface area (Å²) in [5, 5.41) is 0. The topological polar surface area (TPSA) is 66.5 Å². The predicted octanol–water partition coefficient (Wildman–Crippen LogP) is 3.63. The summed E-state index contributed by atoms with van der Waals surface area (Å²) in [4.78, 5) is 14.8. The molecule has 0 radical (unpaired) electrons. The van der Waals surface area contributed by atoms with E-state index in [1.54, 1.807) is 18.2 Å². The normalized spacial score (nSPS) is 14.5. The summed E-state index contributed by atoms with van der Waals surface area (Å²) in [7, 11) is -3.66. The number of nitrogens with zero attached hydrogens (tertiary/aromatic N) is 1. The number of benzene rings is 2. The van der Waals surface area contributed by atoms with Gasteiger partial charge in [-0.1, -0.05) is 18.2 Å². The molecule has 1 N–H and O–H groups in total. The summed E-state index contributed by atoms with van der Waals surface area (Å²) >= 11 is 0. The van der Waals surface area contributed by atoms with Gasteiger partial charge in [-0.25, -0.2) is 13.1 Å². The van der Waals surface area contributed by atoms with E-state index in [1.165, 1.54) is 0 Å². The van der Waals surface area contributed by atoms with Crippen molar-refractivity contribution in [2.45, 2.75) is 52.0 Å². The van der Waals surface area contributed by atoms with Gasteiger partial charge in [0.2, 0.25) is 10.0 Å². The highest BCUT2D eigenvalue weighted by atomic mass is 32.2. The molecule has 150 valence electrons. The molecular formula is C22H28N2O3S. The fraction of sp³-hybridized carbons (Fsp3) is 0.409. The number of carbonyl (C=O) groups excluding carboxylic acids is 1. The monoisotopic (exact) mass is 400 g/mol. The Hall–Kier alpha value is -2.18. The molecule has 0 bridgehead atoms. The van der Waals surface area contributed by atoms with Gasteiger partial charge in [-0.2, -0.15) is 0 Å². The Balaban J connectivity index is 1.81. The lowest BCUT2D eigenvalue weighted by Crippen LogP contribution is -2.28. The van der Waals surface area contributed by atoms with Gasteiger partial charge in [0.25, 0.3) is 5.91 Å². The van der Waals surface area contributed by atoms with Crippen LogP contribution in [0.3, 0.4) is 0 Å². The summed E-state index contributed by atoms with van der Waals surface area (Å²) in [6.45, 7) is 9.26. The summed E-state index contributed by atoms with van der Waals surface area (Å²) in [6, 6.07) is 9.23. The summed E-state index contributed by atoms with van der Waals surface area (Å²) in [5.74, 6) is 0.0169. The number of nitrogens with one attached hydrogen (secondary N) is 1. The first kappa shape index (κ1) is 20.6. The lowest BCUT2D eigenvalue weighted by atomic mass is 10.0. The minimum Gasteiger partial charge on any atom is -0.339 e. The zero-order chi connectivity index (χ0) is 20.5. The highest BCUT2D eigenvalue weighted by molar-refractivity contribution is 7.89. The first-order valence-electron chi connectivity index (χ1n) is 9.66. The van der Waals surface area contributed by atoms with Gasteiger partial charge in [0.1, 0.15) is 0 Å². The SMILES string of the molecule is Cc1cc(C)c(C)c(S(=O)(=O)NCc2cccc(C(=O)N3CCCC3)c2)c1C. The van der Waals surface area contributed by atoms with Gasteiger partial charge in [-0.3, -0.25) is 4.79 Å². The van der Waals surface area contributed by atoms with E-state index in [4.69, 9.17) is 0 Å². The average molecular weight is 401 g/mol. The van der Waals surface area contributed by atoms with Crippen molar-refractivity contribution in [3.63, 3.8) is 0 Å². The summed E-state index contributed by atoms with van der Waals surface area (Å²) in [5.41, 5.74) is 4.84. The van der Waals surface area contributed by atoms with Gasteiger partial charge in [-0.05, 0) is 80.5 Å². The van der Waals surface area contributed by atoms with E-state index in [2.05, 4.69) is 4.72 Å². The Morgan fingerprint density at radius 3 is 2.21 bits per heavy atom. The Morgan fingerprint density at radius 2 is 1.61 bits per heavy atom. The van der Waals surface area contributed by atoms with E-state index in [9.17, 15) is 13.2 Å². The van der Waals surface area contributed by atoms with Crippen molar-refractivity contribution in [3.8, 4) is 0 Å². The fourth-order valence-electron chi connectivity index (χ4n) is 3.75. The Labute approximate surface area is 167 Å². The maximum absolute atomic E-state index is 13.0. The molecule has 0 aliphatic carbocycles. The molecule has 2 aromatic carbocycles. The van der Waals surface area contributed by atoms with Crippen LogP contribution in [0, 0.1) is 27.7 Å². The number of hydrogen-bond acceptors (Lipinski definition) is 3. The molecule has 0 unspecified atom stereocenters. The van der Waals surface area contributed by atoms with Crippen LogP contribution in [-0.4, -0.2) is 32.3 Å². The van der Waals surface area contributed by atoms with Crippen molar-refractivity contribution < 1.29 is 13.2 Å². The van der Waals surface area contributed by atoms with Crippen molar-refractivity contribution in [1.82, 2.24) is 9.62 Å². The van der Waals surface area contributed by atoms with E-state index in [0.717, 1.165) is 53.7 Å². The number of rotatable bonds is 5. The van der Waals surface area contributed by atoms with Gasteiger partial charge in [-0.15, -0.1) is 0 Å². The van der Waals surface area contributed by atoms with E-state index >= 15 is 0 Å². The molecule has 1 heterocycles. The second-order valence-electron chi connectivity index (χ2n) is 7.61. The highest BCUT2D eigenvalue weighted by Crippen LogP contribution is 2.26.